The Kier molecular flexibility index (Phi) is 4.74. The van der Waals surface area contributed by atoms with Crippen molar-refractivity contribution in [1.82, 2.24) is 10.2 Å². The predicted molar refractivity (Wildman–Crippen MR) is 52.6 cm³/mol. The van der Waals surface area contributed by atoms with E-state index in [9.17, 15) is 9.90 Å². The molecule has 2 N–H and O–H groups in total. The molecule has 0 radical (unpaired) electrons. The Hall–Kier alpha value is -1.60. The maximum absolute atomic E-state index is 11.3. The fourth-order valence-electron chi connectivity index (χ4n) is 1.00. The normalized spacial score (nSPS) is 10.4. The maximum Gasteiger partial charge on any atom is 0.360 e. The van der Waals surface area contributed by atoms with Crippen molar-refractivity contribution in [3.05, 3.63) is 11.4 Å². The van der Waals surface area contributed by atoms with E-state index in [-0.39, 0.29) is 30.4 Å². The molecule has 0 saturated heterocycles. The third-order valence-electron chi connectivity index (χ3n) is 1.69. The zero-order valence-electron chi connectivity index (χ0n) is 9.15. The quantitative estimate of drug-likeness (QED) is 0.324. The summed E-state index contributed by atoms with van der Waals surface area (Å²) in [6.45, 7) is 3.99. The Bertz CT molecular complexity index is 350. The van der Waals surface area contributed by atoms with Crippen molar-refractivity contribution in [2.75, 3.05) is 13.2 Å². The summed E-state index contributed by atoms with van der Waals surface area (Å²) in [5.74, 6) is -0.937. The average molecular weight is 230 g/mol. The molecule has 1 heterocycles. The Morgan fingerprint density at radius 3 is 2.75 bits per heavy atom. The van der Waals surface area contributed by atoms with Gasteiger partial charge in [-0.25, -0.2) is 14.6 Å². The van der Waals surface area contributed by atoms with Crippen LogP contribution in [0.5, 0.6) is 5.75 Å². The largest absolute Gasteiger partial charge is 0.504 e. The highest BCUT2D eigenvalue weighted by atomic mass is 17.2. The van der Waals surface area contributed by atoms with Gasteiger partial charge in [-0.1, -0.05) is 0 Å². The Morgan fingerprint density at radius 2 is 2.12 bits per heavy atom. The Labute approximate surface area is 92.2 Å². The van der Waals surface area contributed by atoms with Gasteiger partial charge in [0.1, 0.15) is 12.3 Å². The zero-order chi connectivity index (χ0) is 12.0. The number of hydrogen-bond donors (Lipinski definition) is 2. The number of nitrogens with one attached hydrogen (secondary N) is 1. The van der Waals surface area contributed by atoms with Crippen LogP contribution in [0.1, 0.15) is 30.0 Å². The fraction of sp³-hybridized carbons (Fsp3) is 0.556. The molecule has 7 nitrogen and oxygen atoms in total. The number of hydrogen-bond acceptors (Lipinski definition) is 6. The van der Waals surface area contributed by atoms with E-state index >= 15 is 0 Å². The SMILES string of the molecule is CCOOCc1n[nH]c(C(=O)OCC)c1O. The third-order valence-corrected chi connectivity index (χ3v) is 1.69. The molecule has 0 fully saturated rings. The highest BCUT2D eigenvalue weighted by molar-refractivity contribution is 5.90. The van der Waals surface area contributed by atoms with Crippen LogP contribution in [0.2, 0.25) is 0 Å². The third kappa shape index (κ3) is 2.94. The Morgan fingerprint density at radius 1 is 1.38 bits per heavy atom. The number of carbonyl (C=O) groups is 1. The molecule has 0 aliphatic rings. The van der Waals surface area contributed by atoms with E-state index in [1.807, 2.05) is 0 Å². The molecule has 0 aromatic carbocycles. The molecule has 0 unspecified atom stereocenters. The van der Waals surface area contributed by atoms with Crippen molar-refractivity contribution in [1.29, 1.82) is 0 Å². The lowest BCUT2D eigenvalue weighted by atomic mass is 10.3. The number of carbonyl (C=O) groups excluding carboxylic acids is 1. The van der Waals surface area contributed by atoms with Gasteiger partial charge in [0.2, 0.25) is 0 Å². The number of nitrogens with zero attached hydrogens (tertiary/aromatic N) is 1. The highest BCUT2D eigenvalue weighted by Gasteiger charge is 2.19. The lowest BCUT2D eigenvalue weighted by Gasteiger charge is -2.00. The van der Waals surface area contributed by atoms with Crippen molar-refractivity contribution < 1.29 is 24.4 Å². The highest BCUT2D eigenvalue weighted by Crippen LogP contribution is 2.20. The van der Waals surface area contributed by atoms with Gasteiger partial charge in [0.25, 0.3) is 0 Å². The monoisotopic (exact) mass is 230 g/mol. The molecule has 16 heavy (non-hydrogen) atoms. The van der Waals surface area contributed by atoms with E-state index in [0.29, 0.717) is 6.61 Å². The number of rotatable bonds is 6. The summed E-state index contributed by atoms with van der Waals surface area (Å²) in [5.41, 5.74) is 0.105. The molecule has 1 rings (SSSR count). The maximum atomic E-state index is 11.3. The van der Waals surface area contributed by atoms with Crippen LogP contribution >= 0.6 is 0 Å². The average Bonchev–Trinajstić information content (AvgIpc) is 2.61. The van der Waals surface area contributed by atoms with Gasteiger partial charge in [-0.2, -0.15) is 5.10 Å². The summed E-state index contributed by atoms with van der Waals surface area (Å²) in [6, 6.07) is 0. The van der Waals surface area contributed by atoms with Gasteiger partial charge in [-0.05, 0) is 13.8 Å². The molecule has 0 spiro atoms. The second-order valence-electron chi connectivity index (χ2n) is 2.78. The fourth-order valence-corrected chi connectivity index (χ4v) is 1.00. The Balaban J connectivity index is 2.64. The standard InChI is InChI=1S/C9H14N2O5/c1-3-14-9(13)7-8(12)6(10-11-7)5-16-15-4-2/h12H,3-5H2,1-2H3,(H,10,11). The van der Waals surface area contributed by atoms with Crippen molar-refractivity contribution in [3.63, 3.8) is 0 Å². The van der Waals surface area contributed by atoms with Crippen molar-refractivity contribution in [3.8, 4) is 5.75 Å². The molecule has 0 bridgehead atoms. The molecule has 7 heteroatoms. The van der Waals surface area contributed by atoms with Gasteiger partial charge in [0.05, 0.1) is 13.2 Å². The molecule has 1 aromatic rings. The number of aromatic hydroxyl groups is 1. The number of aromatic nitrogens is 2. The number of aromatic amines is 1. The molecule has 0 amide bonds. The van der Waals surface area contributed by atoms with Gasteiger partial charge < -0.3 is 9.84 Å². The van der Waals surface area contributed by atoms with E-state index < -0.39 is 5.97 Å². The zero-order valence-corrected chi connectivity index (χ0v) is 9.15. The first-order valence-corrected chi connectivity index (χ1v) is 4.88. The molecule has 0 aliphatic carbocycles. The van der Waals surface area contributed by atoms with Crippen LogP contribution in [-0.4, -0.2) is 34.5 Å². The lowest BCUT2D eigenvalue weighted by Crippen LogP contribution is -2.05. The van der Waals surface area contributed by atoms with E-state index in [4.69, 9.17) is 9.62 Å². The van der Waals surface area contributed by atoms with E-state index in [1.54, 1.807) is 13.8 Å². The number of ether oxygens (including phenoxy) is 1. The first-order chi connectivity index (χ1) is 7.70. The number of esters is 1. The second kappa shape index (κ2) is 6.09. The molecular formula is C9H14N2O5. The van der Waals surface area contributed by atoms with Gasteiger partial charge in [-0.3, -0.25) is 5.10 Å². The summed E-state index contributed by atoms with van der Waals surface area (Å²) in [4.78, 5) is 20.6. The predicted octanol–water partition coefficient (Wildman–Crippen LogP) is 0.760. The van der Waals surface area contributed by atoms with Crippen LogP contribution < -0.4 is 0 Å². The van der Waals surface area contributed by atoms with Crippen molar-refractivity contribution in [2.45, 2.75) is 20.5 Å². The van der Waals surface area contributed by atoms with Crippen LogP contribution in [0.15, 0.2) is 0 Å². The first kappa shape index (κ1) is 12.5. The van der Waals surface area contributed by atoms with Gasteiger partial charge in [-0.15, -0.1) is 0 Å². The first-order valence-electron chi connectivity index (χ1n) is 4.88. The van der Waals surface area contributed by atoms with E-state index in [0.717, 1.165) is 0 Å². The molecule has 0 aliphatic heterocycles. The molecule has 1 aromatic heterocycles. The van der Waals surface area contributed by atoms with Crippen LogP contribution in [0.4, 0.5) is 0 Å². The van der Waals surface area contributed by atoms with E-state index in [2.05, 4.69) is 15.1 Å². The summed E-state index contributed by atoms with van der Waals surface area (Å²) < 4.78 is 4.71. The molecule has 0 atom stereocenters. The minimum absolute atomic E-state index is 0.0461. The van der Waals surface area contributed by atoms with Gasteiger partial charge in [0, 0.05) is 0 Å². The summed E-state index contributed by atoms with van der Waals surface area (Å²) in [6.07, 6.45) is 0. The number of H-pyrrole nitrogens is 1. The molecule has 0 saturated carbocycles. The molecular weight excluding hydrogens is 216 g/mol. The van der Waals surface area contributed by atoms with Gasteiger partial charge in [0.15, 0.2) is 11.4 Å². The van der Waals surface area contributed by atoms with Crippen LogP contribution in [0.25, 0.3) is 0 Å². The van der Waals surface area contributed by atoms with Crippen LogP contribution in [-0.2, 0) is 21.1 Å². The summed E-state index contributed by atoms with van der Waals surface area (Å²) in [5, 5.41) is 15.7. The second-order valence-corrected chi connectivity index (χ2v) is 2.78. The smallest absolute Gasteiger partial charge is 0.360 e. The van der Waals surface area contributed by atoms with Crippen LogP contribution in [0, 0.1) is 0 Å². The lowest BCUT2D eigenvalue weighted by molar-refractivity contribution is -0.301. The topological polar surface area (TPSA) is 93.7 Å². The minimum atomic E-state index is -0.657. The van der Waals surface area contributed by atoms with Crippen molar-refractivity contribution in [2.24, 2.45) is 0 Å². The summed E-state index contributed by atoms with van der Waals surface area (Å²) in [7, 11) is 0. The molecule has 90 valence electrons. The van der Waals surface area contributed by atoms with Crippen molar-refractivity contribution >= 4 is 5.97 Å². The summed E-state index contributed by atoms with van der Waals surface area (Å²) >= 11 is 0. The van der Waals surface area contributed by atoms with E-state index in [1.165, 1.54) is 0 Å². The van der Waals surface area contributed by atoms with Crippen LogP contribution in [0.3, 0.4) is 0 Å². The minimum Gasteiger partial charge on any atom is -0.504 e. The van der Waals surface area contributed by atoms with Gasteiger partial charge >= 0.3 is 5.97 Å².